The molecule has 0 spiro atoms. The summed E-state index contributed by atoms with van der Waals surface area (Å²) in [5, 5.41) is 4.16. The molecule has 0 saturated heterocycles. The van der Waals surface area contributed by atoms with E-state index < -0.39 is 0 Å². The third-order valence-corrected chi connectivity index (χ3v) is 5.05. The molecule has 3 rings (SSSR count). The number of nitrogens with zero attached hydrogens (tertiary/aromatic N) is 3. The van der Waals surface area contributed by atoms with Crippen LogP contribution in [0, 0.1) is 18.8 Å². The number of allylic oxidation sites excluding steroid dienone is 3. The van der Waals surface area contributed by atoms with E-state index in [1.165, 1.54) is 4.57 Å². The van der Waals surface area contributed by atoms with Crippen LogP contribution in [0.3, 0.4) is 0 Å². The third kappa shape index (κ3) is 5.29. The highest BCUT2D eigenvalue weighted by atomic mass is 35.5. The second-order valence-corrected chi connectivity index (χ2v) is 7.59. The molecule has 2 aromatic heterocycles. The normalized spacial score (nSPS) is 12.0. The van der Waals surface area contributed by atoms with Crippen LogP contribution in [0.1, 0.15) is 43.4 Å². The molecule has 31 heavy (non-hydrogen) atoms. The maximum Gasteiger partial charge on any atom is 0.267 e. The van der Waals surface area contributed by atoms with Crippen molar-refractivity contribution < 1.29 is 0 Å². The van der Waals surface area contributed by atoms with E-state index in [-0.39, 0.29) is 11.6 Å². The zero-order valence-corrected chi connectivity index (χ0v) is 18.7. The molecule has 0 bridgehead atoms. The average Bonchev–Trinajstić information content (AvgIpc) is 2.74. The zero-order chi connectivity index (χ0) is 22.4. The van der Waals surface area contributed by atoms with Crippen molar-refractivity contribution in [2.24, 2.45) is 0 Å². The summed E-state index contributed by atoms with van der Waals surface area (Å²) in [5.41, 5.74) is 2.73. The Balaban J connectivity index is 1.83. The van der Waals surface area contributed by atoms with Gasteiger partial charge in [-0.05, 0) is 56.5 Å². The average molecular weight is 433 g/mol. The Morgan fingerprint density at radius 2 is 2.16 bits per heavy atom. The van der Waals surface area contributed by atoms with Gasteiger partial charge in [0.15, 0.2) is 0 Å². The number of nitrogens with one attached hydrogen (secondary N) is 1. The van der Waals surface area contributed by atoms with Crippen LogP contribution in [-0.2, 0) is 0 Å². The molecule has 1 N–H and O–H groups in total. The second-order valence-electron chi connectivity index (χ2n) is 7.18. The van der Waals surface area contributed by atoms with Crippen molar-refractivity contribution in [3.8, 4) is 11.8 Å². The number of aryl methyl sites for hydroxylation is 1. The first-order valence-corrected chi connectivity index (χ1v) is 10.5. The molecule has 1 atom stereocenters. The van der Waals surface area contributed by atoms with Gasteiger partial charge in [-0.15, -0.1) is 0 Å². The van der Waals surface area contributed by atoms with Gasteiger partial charge in [-0.3, -0.25) is 9.36 Å². The summed E-state index contributed by atoms with van der Waals surface area (Å²) in [7, 11) is 0. The Labute approximate surface area is 187 Å². The fraction of sp³-hybridized carbons (Fsp3) is 0.240. The molecule has 0 radical (unpaired) electrons. The lowest BCUT2D eigenvalue weighted by Gasteiger charge is -2.19. The van der Waals surface area contributed by atoms with Gasteiger partial charge >= 0.3 is 0 Å². The minimum absolute atomic E-state index is 0.197. The third-order valence-electron chi connectivity index (χ3n) is 4.73. The van der Waals surface area contributed by atoms with Crippen LogP contribution in [0.4, 0.5) is 0 Å². The molecule has 0 aliphatic carbocycles. The van der Waals surface area contributed by atoms with E-state index in [0.717, 1.165) is 11.3 Å². The first kappa shape index (κ1) is 22.5. The van der Waals surface area contributed by atoms with Crippen LogP contribution in [0.2, 0.25) is 5.02 Å². The lowest BCUT2D eigenvalue weighted by Crippen LogP contribution is -2.30. The van der Waals surface area contributed by atoms with Crippen molar-refractivity contribution in [3.05, 3.63) is 87.7 Å². The highest BCUT2D eigenvalue weighted by molar-refractivity contribution is 6.35. The fourth-order valence-corrected chi connectivity index (χ4v) is 3.43. The summed E-state index contributed by atoms with van der Waals surface area (Å²) in [6.45, 7) is 10.5. The lowest BCUT2D eigenvalue weighted by atomic mass is 10.2. The molecule has 0 amide bonds. The van der Waals surface area contributed by atoms with Crippen LogP contribution in [0.5, 0.6) is 0 Å². The predicted molar refractivity (Wildman–Crippen MR) is 128 cm³/mol. The first-order valence-electron chi connectivity index (χ1n) is 10.1. The van der Waals surface area contributed by atoms with Gasteiger partial charge in [0.25, 0.3) is 5.56 Å². The first-order chi connectivity index (χ1) is 14.9. The highest BCUT2D eigenvalue weighted by Gasteiger charge is 2.18. The number of hydrogen-bond acceptors (Lipinski definition) is 4. The van der Waals surface area contributed by atoms with Gasteiger partial charge in [0.1, 0.15) is 11.5 Å². The van der Waals surface area contributed by atoms with E-state index in [2.05, 4.69) is 28.7 Å². The largest absolute Gasteiger partial charge is 0.307 e. The minimum atomic E-state index is -0.229. The number of fused-ring (bicyclic) bond motifs is 1. The maximum atomic E-state index is 13.2. The number of pyridine rings is 1. The summed E-state index contributed by atoms with van der Waals surface area (Å²) in [6.07, 6.45) is 6.06. The lowest BCUT2D eigenvalue weighted by molar-refractivity contribution is 0.543. The molecule has 0 aliphatic rings. The van der Waals surface area contributed by atoms with Gasteiger partial charge in [0, 0.05) is 24.9 Å². The van der Waals surface area contributed by atoms with E-state index in [1.807, 2.05) is 39.0 Å². The molecule has 1 aromatic carbocycles. The van der Waals surface area contributed by atoms with E-state index in [4.69, 9.17) is 16.6 Å². The summed E-state index contributed by atoms with van der Waals surface area (Å²) in [5.74, 6) is 6.77. The molecule has 5 nitrogen and oxygen atoms in total. The molecule has 3 aromatic rings. The molecule has 6 heteroatoms. The van der Waals surface area contributed by atoms with Crippen molar-refractivity contribution in [1.29, 1.82) is 0 Å². The van der Waals surface area contributed by atoms with Crippen molar-refractivity contribution in [1.82, 2.24) is 19.9 Å². The summed E-state index contributed by atoms with van der Waals surface area (Å²) >= 11 is 6.29. The maximum absolute atomic E-state index is 13.2. The van der Waals surface area contributed by atoms with Crippen LogP contribution < -0.4 is 10.9 Å². The van der Waals surface area contributed by atoms with Crippen LogP contribution in [0.25, 0.3) is 16.6 Å². The summed E-state index contributed by atoms with van der Waals surface area (Å²) < 4.78 is 1.52. The number of benzene rings is 1. The van der Waals surface area contributed by atoms with Crippen molar-refractivity contribution in [3.63, 3.8) is 0 Å². The van der Waals surface area contributed by atoms with Crippen molar-refractivity contribution in [2.45, 2.75) is 33.2 Å². The highest BCUT2D eigenvalue weighted by Crippen LogP contribution is 2.22. The van der Waals surface area contributed by atoms with Gasteiger partial charge in [0.05, 0.1) is 22.0 Å². The molecule has 1 unspecified atom stereocenters. The summed E-state index contributed by atoms with van der Waals surface area (Å²) in [6, 6.07) is 8.98. The monoisotopic (exact) mass is 432 g/mol. The Hall–Kier alpha value is -3.20. The van der Waals surface area contributed by atoms with Crippen molar-refractivity contribution in [2.75, 3.05) is 6.54 Å². The number of halogens is 1. The molecular weight excluding hydrogens is 408 g/mol. The van der Waals surface area contributed by atoms with Crippen LogP contribution in [0.15, 0.2) is 60.1 Å². The van der Waals surface area contributed by atoms with Gasteiger partial charge in [-0.2, -0.15) is 0 Å². The van der Waals surface area contributed by atoms with Gasteiger partial charge in [-0.25, -0.2) is 9.97 Å². The molecule has 158 valence electrons. The minimum Gasteiger partial charge on any atom is -0.307 e. The Bertz CT molecular complexity index is 1250. The predicted octanol–water partition coefficient (Wildman–Crippen LogP) is 4.89. The molecule has 0 aliphatic heterocycles. The molecule has 0 saturated carbocycles. The molecule has 0 fully saturated rings. The van der Waals surface area contributed by atoms with E-state index in [1.54, 1.807) is 30.5 Å². The topological polar surface area (TPSA) is 59.8 Å². The standard InChI is InChI=1S/C25H25ClN4O/c1-5-9-18(3)30-24(29-22-12-8-11-21(26)23(22)25(30)31)19(4)27-15-7-6-10-20-14-13-17(2)16-28-20/h5,8-9,11-14,16,19,27H,3,7,15H2,1-2,4H3. The van der Waals surface area contributed by atoms with Crippen molar-refractivity contribution >= 4 is 28.2 Å². The SMILES string of the molecule is C=C(C=CC)n1c(C(C)NCCC#Cc2ccc(C)cn2)nc2cccc(Cl)c2c1=O. The van der Waals surface area contributed by atoms with E-state index in [0.29, 0.717) is 40.4 Å². The Morgan fingerprint density at radius 3 is 2.87 bits per heavy atom. The van der Waals surface area contributed by atoms with Gasteiger partial charge < -0.3 is 5.32 Å². The molecular formula is C25H25ClN4O. The quantitative estimate of drug-likeness (QED) is 0.342. The number of rotatable bonds is 6. The Morgan fingerprint density at radius 1 is 1.35 bits per heavy atom. The zero-order valence-electron chi connectivity index (χ0n) is 17.9. The number of hydrogen-bond donors (Lipinski definition) is 1. The van der Waals surface area contributed by atoms with E-state index in [9.17, 15) is 4.79 Å². The second kappa shape index (κ2) is 10.2. The van der Waals surface area contributed by atoms with Gasteiger partial charge in [-0.1, -0.05) is 42.3 Å². The smallest absolute Gasteiger partial charge is 0.267 e. The summed E-state index contributed by atoms with van der Waals surface area (Å²) in [4.78, 5) is 22.2. The van der Waals surface area contributed by atoms with Crippen LogP contribution >= 0.6 is 11.6 Å². The fourth-order valence-electron chi connectivity index (χ4n) is 3.18. The molecule has 2 heterocycles. The van der Waals surface area contributed by atoms with Gasteiger partial charge in [0.2, 0.25) is 0 Å². The van der Waals surface area contributed by atoms with E-state index >= 15 is 0 Å². The Kier molecular flexibility index (Phi) is 7.41. The van der Waals surface area contributed by atoms with Crippen LogP contribution in [-0.4, -0.2) is 21.1 Å². The number of aromatic nitrogens is 3.